The highest BCUT2D eigenvalue weighted by atomic mass is 16.5. The fraction of sp³-hybridized carbons (Fsp3) is 0.818. The molecule has 2 rings (SSSR count). The lowest BCUT2D eigenvalue weighted by Gasteiger charge is -2.21. The zero-order valence-electron chi connectivity index (χ0n) is 8.71. The van der Waals surface area contributed by atoms with Gasteiger partial charge in [-0.3, -0.25) is 9.59 Å². The Morgan fingerprint density at radius 1 is 1.36 bits per heavy atom. The minimum atomic E-state index is -0.329. The molecule has 14 heavy (non-hydrogen) atoms. The summed E-state index contributed by atoms with van der Waals surface area (Å²) in [6, 6.07) is 0. The number of Topliss-reactive ketones (excluding diaryl/α,β-unsaturated/α-hetero) is 1. The second-order valence-corrected chi connectivity index (χ2v) is 4.93. The van der Waals surface area contributed by atoms with Gasteiger partial charge >= 0.3 is 5.97 Å². The monoisotopic (exact) mass is 196 g/mol. The van der Waals surface area contributed by atoms with Crippen LogP contribution in [0.15, 0.2) is 0 Å². The molecule has 0 heterocycles. The number of rotatable bonds is 1. The minimum absolute atomic E-state index is 0.112. The molecule has 0 aromatic rings. The molecule has 3 nitrogen and oxygen atoms in total. The van der Waals surface area contributed by atoms with Crippen molar-refractivity contribution in [2.45, 2.75) is 32.6 Å². The highest BCUT2D eigenvalue weighted by Gasteiger charge is 2.50. The SMILES string of the molecule is COC(=O)C1(C)C[C@H]2CC(=O)C[C@H]2C1. The Morgan fingerprint density at radius 3 is 2.29 bits per heavy atom. The summed E-state index contributed by atoms with van der Waals surface area (Å²) in [6.07, 6.45) is 3.01. The minimum Gasteiger partial charge on any atom is -0.469 e. The van der Waals surface area contributed by atoms with Gasteiger partial charge in [-0.25, -0.2) is 0 Å². The summed E-state index contributed by atoms with van der Waals surface area (Å²) in [5, 5.41) is 0. The molecule has 0 N–H and O–H groups in total. The smallest absolute Gasteiger partial charge is 0.311 e. The quantitative estimate of drug-likeness (QED) is 0.598. The van der Waals surface area contributed by atoms with Gasteiger partial charge in [0.15, 0.2) is 0 Å². The second kappa shape index (κ2) is 3.07. The third kappa shape index (κ3) is 1.35. The van der Waals surface area contributed by atoms with E-state index in [0.29, 0.717) is 30.5 Å². The molecular formula is C11H16O3. The van der Waals surface area contributed by atoms with Gasteiger partial charge in [-0.2, -0.15) is 0 Å². The van der Waals surface area contributed by atoms with Crippen molar-refractivity contribution in [1.29, 1.82) is 0 Å². The van der Waals surface area contributed by atoms with Crippen LogP contribution in [-0.2, 0) is 14.3 Å². The summed E-state index contributed by atoms with van der Waals surface area (Å²) in [6.45, 7) is 1.96. The Morgan fingerprint density at radius 2 is 1.86 bits per heavy atom. The van der Waals surface area contributed by atoms with Crippen LogP contribution in [0.4, 0.5) is 0 Å². The van der Waals surface area contributed by atoms with Crippen molar-refractivity contribution in [2.75, 3.05) is 7.11 Å². The number of ether oxygens (including phenoxy) is 1. The Balaban J connectivity index is 2.09. The first-order valence-electron chi connectivity index (χ1n) is 5.15. The molecule has 1 unspecified atom stereocenters. The molecule has 0 radical (unpaired) electrons. The van der Waals surface area contributed by atoms with Gasteiger partial charge < -0.3 is 4.74 Å². The molecule has 0 bridgehead atoms. The van der Waals surface area contributed by atoms with E-state index in [1.807, 2.05) is 6.92 Å². The van der Waals surface area contributed by atoms with Crippen molar-refractivity contribution in [3.63, 3.8) is 0 Å². The number of fused-ring (bicyclic) bond motifs is 1. The van der Waals surface area contributed by atoms with Crippen molar-refractivity contribution in [2.24, 2.45) is 17.3 Å². The number of carbonyl (C=O) groups is 2. The highest BCUT2D eigenvalue weighted by Crippen LogP contribution is 2.52. The Hall–Kier alpha value is -0.860. The summed E-state index contributed by atoms with van der Waals surface area (Å²) >= 11 is 0. The fourth-order valence-corrected chi connectivity index (χ4v) is 3.13. The fourth-order valence-electron chi connectivity index (χ4n) is 3.13. The topological polar surface area (TPSA) is 43.4 Å². The molecule has 78 valence electrons. The van der Waals surface area contributed by atoms with E-state index < -0.39 is 0 Å². The van der Waals surface area contributed by atoms with Crippen LogP contribution in [0, 0.1) is 17.3 Å². The molecule has 3 atom stereocenters. The van der Waals surface area contributed by atoms with E-state index in [9.17, 15) is 9.59 Å². The van der Waals surface area contributed by atoms with Gasteiger partial charge in [0.25, 0.3) is 0 Å². The average molecular weight is 196 g/mol. The van der Waals surface area contributed by atoms with Gasteiger partial charge in [0.05, 0.1) is 12.5 Å². The molecule has 0 aromatic carbocycles. The van der Waals surface area contributed by atoms with Gasteiger partial charge in [-0.15, -0.1) is 0 Å². The molecule has 2 aliphatic rings. The van der Waals surface area contributed by atoms with Gasteiger partial charge in [0.2, 0.25) is 0 Å². The molecule has 0 aliphatic heterocycles. The van der Waals surface area contributed by atoms with Gasteiger partial charge in [0.1, 0.15) is 5.78 Å². The summed E-state index contributed by atoms with van der Waals surface area (Å²) < 4.78 is 4.81. The van der Waals surface area contributed by atoms with E-state index in [1.165, 1.54) is 7.11 Å². The zero-order chi connectivity index (χ0) is 10.3. The van der Waals surface area contributed by atoms with Crippen LogP contribution in [0.25, 0.3) is 0 Å². The van der Waals surface area contributed by atoms with Crippen molar-refractivity contribution in [1.82, 2.24) is 0 Å². The standard InChI is InChI=1S/C11H16O3/c1-11(10(13)14-2)5-7-3-9(12)4-8(7)6-11/h7-8H,3-6H2,1-2H3/t7-,8+,11?. The molecule has 0 spiro atoms. The van der Waals surface area contributed by atoms with Gasteiger partial charge in [-0.1, -0.05) is 0 Å². The van der Waals surface area contributed by atoms with Crippen LogP contribution in [0.1, 0.15) is 32.6 Å². The Kier molecular flexibility index (Phi) is 2.13. The predicted octanol–water partition coefficient (Wildman–Crippen LogP) is 1.55. The highest BCUT2D eigenvalue weighted by molar-refractivity contribution is 5.83. The molecule has 0 aromatic heterocycles. The zero-order valence-corrected chi connectivity index (χ0v) is 8.71. The van der Waals surface area contributed by atoms with E-state index in [2.05, 4.69) is 0 Å². The lowest BCUT2D eigenvalue weighted by Crippen LogP contribution is -2.27. The Bertz CT molecular complexity index is 266. The van der Waals surface area contributed by atoms with Crippen LogP contribution >= 0.6 is 0 Å². The van der Waals surface area contributed by atoms with Crippen LogP contribution < -0.4 is 0 Å². The van der Waals surface area contributed by atoms with Crippen LogP contribution in [-0.4, -0.2) is 18.9 Å². The second-order valence-electron chi connectivity index (χ2n) is 4.93. The molecule has 3 heteroatoms. The maximum Gasteiger partial charge on any atom is 0.311 e. The maximum atomic E-state index is 11.5. The van der Waals surface area contributed by atoms with E-state index >= 15 is 0 Å². The molecular weight excluding hydrogens is 180 g/mol. The van der Waals surface area contributed by atoms with Gasteiger partial charge in [0, 0.05) is 12.8 Å². The van der Waals surface area contributed by atoms with E-state index in [0.717, 1.165) is 12.8 Å². The number of carbonyl (C=O) groups excluding carboxylic acids is 2. The van der Waals surface area contributed by atoms with E-state index in [-0.39, 0.29) is 11.4 Å². The van der Waals surface area contributed by atoms with Crippen molar-refractivity contribution in [3.8, 4) is 0 Å². The number of ketones is 1. The predicted molar refractivity (Wildman–Crippen MR) is 50.6 cm³/mol. The third-order valence-corrected chi connectivity index (χ3v) is 3.75. The first-order chi connectivity index (χ1) is 6.55. The van der Waals surface area contributed by atoms with Crippen LogP contribution in [0.3, 0.4) is 0 Å². The average Bonchev–Trinajstić information content (AvgIpc) is 2.57. The van der Waals surface area contributed by atoms with E-state index in [1.54, 1.807) is 0 Å². The van der Waals surface area contributed by atoms with Gasteiger partial charge in [-0.05, 0) is 31.6 Å². The number of hydrogen-bond acceptors (Lipinski definition) is 3. The Labute approximate surface area is 83.8 Å². The summed E-state index contributed by atoms with van der Waals surface area (Å²) in [5.41, 5.74) is -0.329. The van der Waals surface area contributed by atoms with Crippen molar-refractivity contribution < 1.29 is 14.3 Å². The number of esters is 1. The molecule has 0 amide bonds. The number of hydrogen-bond donors (Lipinski definition) is 0. The number of methoxy groups -OCH3 is 1. The van der Waals surface area contributed by atoms with Crippen molar-refractivity contribution >= 4 is 11.8 Å². The summed E-state index contributed by atoms with van der Waals surface area (Å²) in [5.74, 6) is 1.13. The third-order valence-electron chi connectivity index (χ3n) is 3.75. The van der Waals surface area contributed by atoms with Crippen LogP contribution in [0.2, 0.25) is 0 Å². The maximum absolute atomic E-state index is 11.5. The summed E-state index contributed by atoms with van der Waals surface area (Å²) in [7, 11) is 1.44. The molecule has 2 saturated carbocycles. The molecule has 0 saturated heterocycles. The van der Waals surface area contributed by atoms with E-state index in [4.69, 9.17) is 4.74 Å². The first-order valence-corrected chi connectivity index (χ1v) is 5.15. The van der Waals surface area contributed by atoms with Crippen LogP contribution in [0.5, 0.6) is 0 Å². The lowest BCUT2D eigenvalue weighted by molar-refractivity contribution is -0.152. The lowest BCUT2D eigenvalue weighted by atomic mass is 9.86. The van der Waals surface area contributed by atoms with Crippen molar-refractivity contribution in [3.05, 3.63) is 0 Å². The largest absolute Gasteiger partial charge is 0.469 e. The molecule has 2 aliphatic carbocycles. The summed E-state index contributed by atoms with van der Waals surface area (Å²) in [4.78, 5) is 22.7. The normalized spacial score (nSPS) is 41.1. The molecule has 2 fully saturated rings. The first kappa shape index (κ1) is 9.69.